The number of likely N-dealkylation sites (tertiary alicyclic amines) is 1. The highest BCUT2D eigenvalue weighted by molar-refractivity contribution is 5.90. The average Bonchev–Trinajstić information content (AvgIpc) is 2.35. The summed E-state index contributed by atoms with van der Waals surface area (Å²) in [6.07, 6.45) is 3.27. The van der Waals surface area contributed by atoms with Gasteiger partial charge >= 0.3 is 0 Å². The minimum atomic E-state index is 0.140. The lowest BCUT2D eigenvalue weighted by atomic mass is 10.0. The van der Waals surface area contributed by atoms with E-state index < -0.39 is 0 Å². The number of carbonyl (C=O) groups excluding carboxylic acids is 1. The van der Waals surface area contributed by atoms with Crippen molar-refractivity contribution in [1.82, 2.24) is 0 Å². The van der Waals surface area contributed by atoms with Gasteiger partial charge in [0.1, 0.15) is 0 Å². The zero-order chi connectivity index (χ0) is 14.5. The normalized spacial score (nSPS) is 22.6. The van der Waals surface area contributed by atoms with Crippen LogP contribution in [0.5, 0.6) is 0 Å². The van der Waals surface area contributed by atoms with Crippen LogP contribution < -0.4 is 10.2 Å². The van der Waals surface area contributed by atoms with E-state index in [1.165, 1.54) is 37.1 Å². The van der Waals surface area contributed by atoms with E-state index in [0.29, 0.717) is 6.42 Å². The van der Waals surface area contributed by atoms with Crippen LogP contribution in [0.25, 0.3) is 0 Å². The first-order valence-electron chi connectivity index (χ1n) is 7.74. The molecule has 1 aliphatic rings. The third-order valence-electron chi connectivity index (χ3n) is 4.08. The lowest BCUT2D eigenvalue weighted by Gasteiger charge is -2.27. The van der Waals surface area contributed by atoms with Crippen LogP contribution in [0.15, 0.2) is 18.2 Å². The van der Waals surface area contributed by atoms with Gasteiger partial charge in [0.2, 0.25) is 5.91 Å². The molecule has 0 saturated carbocycles. The van der Waals surface area contributed by atoms with E-state index in [1.54, 1.807) is 4.90 Å². The molecular formula is C17H27N2O+. The molecule has 1 aromatic carbocycles. The van der Waals surface area contributed by atoms with Crippen LogP contribution in [-0.2, 0) is 4.79 Å². The van der Waals surface area contributed by atoms with Gasteiger partial charge in [-0.15, -0.1) is 0 Å². The minimum Gasteiger partial charge on any atom is -0.334 e. The minimum absolute atomic E-state index is 0.140. The molecule has 110 valence electrons. The highest BCUT2D eigenvalue weighted by atomic mass is 16.1. The summed E-state index contributed by atoms with van der Waals surface area (Å²) in [6.45, 7) is 9.83. The summed E-state index contributed by atoms with van der Waals surface area (Å²) >= 11 is 0. The molecule has 3 nitrogen and oxygen atoms in total. The number of amides is 1. The van der Waals surface area contributed by atoms with E-state index in [4.69, 9.17) is 0 Å². The van der Waals surface area contributed by atoms with E-state index in [1.807, 2.05) is 12.1 Å². The predicted molar refractivity (Wildman–Crippen MR) is 83.1 cm³/mol. The van der Waals surface area contributed by atoms with E-state index in [9.17, 15) is 4.79 Å². The Labute approximate surface area is 122 Å². The quantitative estimate of drug-likeness (QED) is 0.865. The van der Waals surface area contributed by atoms with E-state index in [0.717, 1.165) is 18.2 Å². The summed E-state index contributed by atoms with van der Waals surface area (Å²) in [6, 6.07) is 6.18. The molecule has 3 heteroatoms. The molecule has 0 aromatic heterocycles. The number of anilines is 1. The molecule has 20 heavy (non-hydrogen) atoms. The average molecular weight is 275 g/mol. The molecule has 1 aromatic rings. The van der Waals surface area contributed by atoms with Gasteiger partial charge in [-0.2, -0.15) is 0 Å². The first-order chi connectivity index (χ1) is 9.52. The SMILES string of the molecule is Cc1cc(C)cc(NC(=O)CC[NH+]2CCC[C@@H](C)C2)c1. The van der Waals surface area contributed by atoms with Crippen molar-refractivity contribution in [3.05, 3.63) is 29.3 Å². The van der Waals surface area contributed by atoms with Crippen LogP contribution in [0.2, 0.25) is 0 Å². The maximum absolute atomic E-state index is 12.0. The fourth-order valence-corrected chi connectivity index (χ4v) is 3.19. The third kappa shape index (κ3) is 4.64. The standard InChI is InChI=1S/C17H26N2O/c1-13-5-4-7-19(12-13)8-6-17(20)18-16-10-14(2)9-15(3)11-16/h9-11,13H,4-8,12H2,1-3H3,(H,18,20)/p+1/t13-/m1/s1. The highest BCUT2D eigenvalue weighted by Gasteiger charge is 2.20. The fraction of sp³-hybridized carbons (Fsp3) is 0.588. The lowest BCUT2D eigenvalue weighted by molar-refractivity contribution is -0.907. The number of hydrogen-bond donors (Lipinski definition) is 2. The van der Waals surface area contributed by atoms with Gasteiger partial charge in [0.15, 0.2) is 0 Å². The van der Waals surface area contributed by atoms with Gasteiger partial charge in [0.25, 0.3) is 0 Å². The number of hydrogen-bond acceptors (Lipinski definition) is 1. The van der Waals surface area contributed by atoms with Gasteiger partial charge in [0, 0.05) is 11.6 Å². The van der Waals surface area contributed by atoms with Crippen LogP contribution >= 0.6 is 0 Å². The predicted octanol–water partition coefficient (Wildman–Crippen LogP) is 1.95. The second-order valence-electron chi connectivity index (χ2n) is 6.38. The van der Waals surface area contributed by atoms with Crippen molar-refractivity contribution in [2.24, 2.45) is 5.92 Å². The van der Waals surface area contributed by atoms with Crippen molar-refractivity contribution < 1.29 is 9.69 Å². The Morgan fingerprint density at radius 3 is 2.65 bits per heavy atom. The van der Waals surface area contributed by atoms with Crippen molar-refractivity contribution in [3.8, 4) is 0 Å². The Morgan fingerprint density at radius 2 is 2.00 bits per heavy atom. The maximum Gasteiger partial charge on any atom is 0.230 e. The van der Waals surface area contributed by atoms with E-state index >= 15 is 0 Å². The second-order valence-corrected chi connectivity index (χ2v) is 6.38. The van der Waals surface area contributed by atoms with Crippen LogP contribution in [0.1, 0.15) is 37.3 Å². The topological polar surface area (TPSA) is 33.5 Å². The molecule has 1 amide bonds. The van der Waals surface area contributed by atoms with Crippen molar-refractivity contribution in [3.63, 3.8) is 0 Å². The number of quaternary nitrogens is 1. The molecule has 1 unspecified atom stereocenters. The molecule has 1 heterocycles. The van der Waals surface area contributed by atoms with E-state index in [-0.39, 0.29) is 5.91 Å². The molecule has 0 radical (unpaired) electrons. The van der Waals surface area contributed by atoms with Gasteiger partial charge in [-0.05, 0) is 49.9 Å². The first-order valence-corrected chi connectivity index (χ1v) is 7.74. The zero-order valence-electron chi connectivity index (χ0n) is 13.0. The third-order valence-corrected chi connectivity index (χ3v) is 4.08. The lowest BCUT2D eigenvalue weighted by Crippen LogP contribution is -3.13. The number of nitrogens with one attached hydrogen (secondary N) is 2. The van der Waals surface area contributed by atoms with Crippen LogP contribution in [0.3, 0.4) is 0 Å². The Balaban J connectivity index is 1.80. The summed E-state index contributed by atoms with van der Waals surface area (Å²) in [5, 5.41) is 3.02. The Kier molecular flexibility index (Phi) is 5.18. The smallest absolute Gasteiger partial charge is 0.230 e. The molecule has 0 aliphatic carbocycles. The largest absolute Gasteiger partial charge is 0.334 e. The molecule has 0 spiro atoms. The fourth-order valence-electron chi connectivity index (χ4n) is 3.19. The van der Waals surface area contributed by atoms with E-state index in [2.05, 4.69) is 32.2 Å². The monoisotopic (exact) mass is 275 g/mol. The Morgan fingerprint density at radius 1 is 1.30 bits per heavy atom. The first kappa shape index (κ1) is 15.0. The van der Waals surface area contributed by atoms with Crippen LogP contribution in [-0.4, -0.2) is 25.5 Å². The van der Waals surface area contributed by atoms with Gasteiger partial charge in [-0.1, -0.05) is 13.0 Å². The number of carbonyl (C=O) groups is 1. The molecular weight excluding hydrogens is 248 g/mol. The second kappa shape index (κ2) is 6.89. The van der Waals surface area contributed by atoms with Gasteiger partial charge in [-0.25, -0.2) is 0 Å². The van der Waals surface area contributed by atoms with Crippen molar-refractivity contribution in [2.75, 3.05) is 25.0 Å². The molecule has 2 atom stereocenters. The molecule has 2 rings (SSSR count). The molecule has 1 aliphatic heterocycles. The summed E-state index contributed by atoms with van der Waals surface area (Å²) in [7, 11) is 0. The number of benzene rings is 1. The number of aryl methyl sites for hydroxylation is 2. The van der Waals surface area contributed by atoms with Gasteiger partial charge < -0.3 is 10.2 Å². The summed E-state index contributed by atoms with van der Waals surface area (Å²) in [5.74, 6) is 0.946. The number of rotatable bonds is 4. The van der Waals surface area contributed by atoms with Crippen molar-refractivity contribution in [2.45, 2.75) is 40.0 Å². The number of piperidine rings is 1. The highest BCUT2D eigenvalue weighted by Crippen LogP contribution is 2.13. The maximum atomic E-state index is 12.0. The zero-order valence-corrected chi connectivity index (χ0v) is 13.0. The summed E-state index contributed by atoms with van der Waals surface area (Å²) in [4.78, 5) is 13.6. The molecule has 0 bridgehead atoms. The van der Waals surface area contributed by atoms with Gasteiger partial charge in [-0.3, -0.25) is 4.79 Å². The van der Waals surface area contributed by atoms with Crippen LogP contribution in [0.4, 0.5) is 5.69 Å². The molecule has 1 fully saturated rings. The summed E-state index contributed by atoms with van der Waals surface area (Å²) in [5.41, 5.74) is 3.31. The van der Waals surface area contributed by atoms with Crippen molar-refractivity contribution in [1.29, 1.82) is 0 Å². The van der Waals surface area contributed by atoms with Crippen LogP contribution in [0, 0.1) is 19.8 Å². The molecule has 1 saturated heterocycles. The Bertz CT molecular complexity index is 450. The van der Waals surface area contributed by atoms with Crippen molar-refractivity contribution >= 4 is 11.6 Å². The Hall–Kier alpha value is -1.35. The molecule has 2 N–H and O–H groups in total. The summed E-state index contributed by atoms with van der Waals surface area (Å²) < 4.78 is 0. The van der Waals surface area contributed by atoms with Gasteiger partial charge in [0.05, 0.1) is 26.1 Å².